The molecular weight excluding hydrogens is 348 g/mol. The van der Waals surface area contributed by atoms with Crippen molar-refractivity contribution in [3.05, 3.63) is 36.0 Å². The molecule has 2 aliphatic rings. The lowest BCUT2D eigenvalue weighted by molar-refractivity contribution is -0.122. The number of thioether (sulfide) groups is 1. The number of rotatable bonds is 4. The van der Waals surface area contributed by atoms with E-state index >= 15 is 0 Å². The summed E-state index contributed by atoms with van der Waals surface area (Å²) in [7, 11) is 3.57. The van der Waals surface area contributed by atoms with Crippen molar-refractivity contribution in [2.24, 2.45) is 7.05 Å². The molecule has 1 fully saturated rings. The Morgan fingerprint density at radius 2 is 2.15 bits per heavy atom. The first-order valence-electron chi connectivity index (χ1n) is 9.03. The molecule has 2 unspecified atom stereocenters. The van der Waals surface area contributed by atoms with Gasteiger partial charge in [0.1, 0.15) is 11.6 Å². The zero-order valence-corrected chi connectivity index (χ0v) is 16.0. The van der Waals surface area contributed by atoms with Gasteiger partial charge in [-0.2, -0.15) is 5.10 Å². The number of anilines is 1. The Hall–Kier alpha value is -1.99. The first-order chi connectivity index (χ1) is 12.7. The molecule has 4 rings (SSSR count). The molecule has 26 heavy (non-hydrogen) atoms. The van der Waals surface area contributed by atoms with Gasteiger partial charge in [-0.25, -0.2) is 0 Å². The number of carbonyl (C=O) groups is 1. The second-order valence-corrected chi connectivity index (χ2v) is 7.89. The smallest absolute Gasteiger partial charge is 0.245 e. The van der Waals surface area contributed by atoms with E-state index in [0.717, 1.165) is 43.1 Å². The third-order valence-corrected chi connectivity index (χ3v) is 6.29. The van der Waals surface area contributed by atoms with Crippen LogP contribution in [0.4, 0.5) is 5.82 Å². The molecule has 2 aromatic rings. The first-order valence-corrected chi connectivity index (χ1v) is 10.0. The van der Waals surface area contributed by atoms with Crippen LogP contribution in [0.5, 0.6) is 5.75 Å². The molecule has 1 amide bonds. The summed E-state index contributed by atoms with van der Waals surface area (Å²) in [6.07, 6.45) is 4.61. The standard InChI is InChI=1S/C19H24N4O2S/c1-22-18(7-9-20-22)23-10-3-4-16(19(23)24)21-15-8-11-26-17-6-5-13(25-2)12-14(15)17/h5-7,9,12,15-16,21H,3-4,8,10-11H2,1-2H3. The van der Waals surface area contributed by atoms with Crippen molar-refractivity contribution in [1.82, 2.24) is 15.1 Å². The van der Waals surface area contributed by atoms with Crippen molar-refractivity contribution < 1.29 is 9.53 Å². The van der Waals surface area contributed by atoms with Gasteiger partial charge in [-0.3, -0.25) is 19.7 Å². The van der Waals surface area contributed by atoms with Crippen LogP contribution in [0, 0.1) is 0 Å². The van der Waals surface area contributed by atoms with Crippen molar-refractivity contribution in [3.8, 4) is 5.75 Å². The number of benzene rings is 1. The normalized spacial score (nSPS) is 23.0. The Morgan fingerprint density at radius 1 is 1.27 bits per heavy atom. The average Bonchev–Trinajstić information content (AvgIpc) is 3.09. The monoisotopic (exact) mass is 372 g/mol. The van der Waals surface area contributed by atoms with Crippen LogP contribution in [0.25, 0.3) is 0 Å². The lowest BCUT2D eigenvalue weighted by atomic mass is 9.98. The summed E-state index contributed by atoms with van der Waals surface area (Å²) in [6.45, 7) is 0.751. The molecule has 138 valence electrons. The minimum Gasteiger partial charge on any atom is -0.497 e. The van der Waals surface area contributed by atoms with Gasteiger partial charge in [0.05, 0.1) is 19.3 Å². The van der Waals surface area contributed by atoms with E-state index in [1.807, 2.05) is 35.8 Å². The van der Waals surface area contributed by atoms with Gasteiger partial charge in [0.2, 0.25) is 5.91 Å². The molecule has 0 aliphatic carbocycles. The third kappa shape index (κ3) is 3.21. The summed E-state index contributed by atoms with van der Waals surface area (Å²) in [4.78, 5) is 16.2. The highest BCUT2D eigenvalue weighted by Gasteiger charge is 2.33. The largest absolute Gasteiger partial charge is 0.497 e. The van der Waals surface area contributed by atoms with Gasteiger partial charge in [0.25, 0.3) is 0 Å². The zero-order valence-electron chi connectivity index (χ0n) is 15.1. The number of amides is 1. The highest BCUT2D eigenvalue weighted by molar-refractivity contribution is 7.99. The van der Waals surface area contributed by atoms with E-state index in [1.54, 1.807) is 18.0 Å². The van der Waals surface area contributed by atoms with Gasteiger partial charge in [-0.15, -0.1) is 11.8 Å². The molecule has 1 N–H and O–H groups in total. The molecule has 1 aromatic heterocycles. The lowest BCUT2D eigenvalue weighted by Gasteiger charge is -2.36. The van der Waals surface area contributed by atoms with Crippen LogP contribution in [0.2, 0.25) is 0 Å². The van der Waals surface area contributed by atoms with Crippen LogP contribution in [-0.4, -0.2) is 41.1 Å². The topological polar surface area (TPSA) is 59.4 Å². The lowest BCUT2D eigenvalue weighted by Crippen LogP contribution is -2.52. The Bertz CT molecular complexity index is 807. The molecule has 0 spiro atoms. The Labute approximate surface area is 157 Å². The molecule has 1 saturated heterocycles. The second kappa shape index (κ2) is 7.32. The van der Waals surface area contributed by atoms with Crippen LogP contribution in [0.3, 0.4) is 0 Å². The molecule has 0 bridgehead atoms. The fourth-order valence-corrected chi connectivity index (χ4v) is 4.91. The number of nitrogens with one attached hydrogen (secondary N) is 1. The molecular formula is C19H24N4O2S. The number of hydrogen-bond acceptors (Lipinski definition) is 5. The van der Waals surface area contributed by atoms with Gasteiger partial charge < -0.3 is 4.74 Å². The summed E-state index contributed by atoms with van der Waals surface area (Å²) in [5, 5.41) is 7.84. The highest BCUT2D eigenvalue weighted by atomic mass is 32.2. The molecule has 0 radical (unpaired) electrons. The molecule has 6 nitrogen and oxygen atoms in total. The Kier molecular flexibility index (Phi) is 4.91. The van der Waals surface area contributed by atoms with Crippen molar-refractivity contribution in [3.63, 3.8) is 0 Å². The maximum atomic E-state index is 13.1. The number of ether oxygens (including phenoxy) is 1. The number of hydrogen-bond donors (Lipinski definition) is 1. The van der Waals surface area contributed by atoms with E-state index in [4.69, 9.17) is 4.74 Å². The summed E-state index contributed by atoms with van der Waals surface area (Å²) < 4.78 is 7.16. The predicted molar refractivity (Wildman–Crippen MR) is 103 cm³/mol. The van der Waals surface area contributed by atoms with E-state index in [1.165, 1.54) is 10.5 Å². The summed E-state index contributed by atoms with van der Waals surface area (Å²) in [6, 6.07) is 8.15. The van der Waals surface area contributed by atoms with Gasteiger partial charge in [-0.1, -0.05) is 0 Å². The van der Waals surface area contributed by atoms with E-state index in [-0.39, 0.29) is 18.0 Å². The van der Waals surface area contributed by atoms with E-state index < -0.39 is 0 Å². The highest BCUT2D eigenvalue weighted by Crippen LogP contribution is 2.38. The maximum Gasteiger partial charge on any atom is 0.245 e. The number of nitrogens with zero attached hydrogens (tertiary/aromatic N) is 3. The number of aromatic nitrogens is 2. The number of methoxy groups -OCH3 is 1. The third-order valence-electron chi connectivity index (χ3n) is 5.17. The fourth-order valence-electron chi connectivity index (χ4n) is 3.80. The number of piperidine rings is 1. The summed E-state index contributed by atoms with van der Waals surface area (Å²) in [5.41, 5.74) is 1.24. The van der Waals surface area contributed by atoms with Crippen LogP contribution in [-0.2, 0) is 11.8 Å². The van der Waals surface area contributed by atoms with Gasteiger partial charge >= 0.3 is 0 Å². The minimum atomic E-state index is -0.161. The van der Waals surface area contributed by atoms with Crippen molar-refractivity contribution in [2.75, 3.05) is 24.3 Å². The minimum absolute atomic E-state index is 0.141. The van der Waals surface area contributed by atoms with Gasteiger partial charge in [0.15, 0.2) is 0 Å². The van der Waals surface area contributed by atoms with E-state index in [0.29, 0.717) is 0 Å². The van der Waals surface area contributed by atoms with Crippen molar-refractivity contribution >= 4 is 23.5 Å². The Balaban J connectivity index is 1.54. The van der Waals surface area contributed by atoms with Crippen LogP contribution in [0.1, 0.15) is 30.9 Å². The molecule has 2 atom stereocenters. The summed E-state index contributed by atoms with van der Waals surface area (Å²) >= 11 is 1.87. The average molecular weight is 372 g/mol. The molecule has 2 aliphatic heterocycles. The van der Waals surface area contributed by atoms with Crippen LogP contribution in [0.15, 0.2) is 35.4 Å². The zero-order chi connectivity index (χ0) is 18.1. The van der Waals surface area contributed by atoms with E-state index in [9.17, 15) is 4.79 Å². The number of aryl methyl sites for hydroxylation is 1. The first kappa shape index (κ1) is 17.4. The second-order valence-electron chi connectivity index (χ2n) is 6.76. The number of carbonyl (C=O) groups excluding carboxylic acids is 1. The SMILES string of the molecule is COc1ccc2c(c1)C(NC1CCCN(c3ccnn3C)C1=O)CCS2. The van der Waals surface area contributed by atoms with Crippen LogP contribution >= 0.6 is 11.8 Å². The van der Waals surface area contributed by atoms with Crippen molar-refractivity contribution in [2.45, 2.75) is 36.2 Å². The molecule has 7 heteroatoms. The van der Waals surface area contributed by atoms with E-state index in [2.05, 4.69) is 22.5 Å². The maximum absolute atomic E-state index is 13.1. The predicted octanol–water partition coefficient (Wildman–Crippen LogP) is 2.75. The van der Waals surface area contributed by atoms with Crippen molar-refractivity contribution in [1.29, 1.82) is 0 Å². The molecule has 0 saturated carbocycles. The Morgan fingerprint density at radius 3 is 2.92 bits per heavy atom. The van der Waals surface area contributed by atoms with Gasteiger partial charge in [-0.05, 0) is 48.8 Å². The van der Waals surface area contributed by atoms with Gasteiger partial charge in [0, 0.05) is 30.6 Å². The van der Waals surface area contributed by atoms with Crippen LogP contribution < -0.4 is 15.0 Å². The molecule has 3 heterocycles. The number of fused-ring (bicyclic) bond motifs is 1. The fraction of sp³-hybridized carbons (Fsp3) is 0.474. The summed E-state index contributed by atoms with van der Waals surface area (Å²) in [5.74, 6) is 2.93. The molecule has 1 aromatic carbocycles. The quantitative estimate of drug-likeness (QED) is 0.894.